The van der Waals surface area contributed by atoms with Crippen LogP contribution < -0.4 is 0 Å². The second kappa shape index (κ2) is 3.74. The Morgan fingerprint density at radius 1 is 1.75 bits per heavy atom. The highest BCUT2D eigenvalue weighted by Crippen LogP contribution is 2.23. The van der Waals surface area contributed by atoms with Gasteiger partial charge in [-0.2, -0.15) is 0 Å². The molecule has 5 nitrogen and oxygen atoms in total. The number of rotatable bonds is 3. The Kier molecular flexibility index (Phi) is 2.90. The molecule has 1 heterocycles. The second-order valence-corrected chi connectivity index (χ2v) is 3.91. The molecule has 12 heavy (non-hydrogen) atoms. The summed E-state index contributed by atoms with van der Waals surface area (Å²) >= 11 is -1.36. The van der Waals surface area contributed by atoms with Crippen molar-refractivity contribution in [3.05, 3.63) is 32.5 Å². The summed E-state index contributed by atoms with van der Waals surface area (Å²) in [6, 6.07) is 3.07. The standard InChI is InChI=1S/C5H5NO4S2/c7-6(8)5(12(9)10)4-2-1-3-11-4/h1-3,5H,(H,9,10). The number of hydrogen-bond donors (Lipinski definition) is 1. The van der Waals surface area contributed by atoms with E-state index in [9.17, 15) is 14.3 Å². The molecule has 1 N–H and O–H groups in total. The van der Waals surface area contributed by atoms with Crippen molar-refractivity contribution in [3.63, 3.8) is 0 Å². The first-order chi connectivity index (χ1) is 5.63. The average Bonchev–Trinajstić information content (AvgIpc) is 2.37. The monoisotopic (exact) mass is 207 g/mol. The van der Waals surface area contributed by atoms with Gasteiger partial charge in [-0.15, -0.1) is 11.3 Å². The molecule has 0 fully saturated rings. The molecule has 1 aromatic heterocycles. The van der Waals surface area contributed by atoms with Crippen LogP contribution in [0.2, 0.25) is 0 Å². The first-order valence-electron chi connectivity index (χ1n) is 2.89. The molecule has 1 rings (SSSR count). The molecular weight excluding hydrogens is 202 g/mol. The van der Waals surface area contributed by atoms with Crippen molar-refractivity contribution < 1.29 is 13.7 Å². The highest BCUT2D eigenvalue weighted by molar-refractivity contribution is 7.79. The molecule has 0 aliphatic rings. The fourth-order valence-corrected chi connectivity index (χ4v) is 2.22. The van der Waals surface area contributed by atoms with Gasteiger partial charge in [0.25, 0.3) is 0 Å². The fraction of sp³-hybridized carbons (Fsp3) is 0.200. The normalized spacial score (nSPS) is 15.4. The second-order valence-electron chi connectivity index (χ2n) is 1.93. The molecule has 66 valence electrons. The van der Waals surface area contributed by atoms with E-state index in [1.54, 1.807) is 11.4 Å². The number of nitro groups is 1. The maximum atomic E-state index is 10.5. The summed E-state index contributed by atoms with van der Waals surface area (Å²) in [5.41, 5.74) is 0. The van der Waals surface area contributed by atoms with E-state index < -0.39 is 21.4 Å². The Balaban J connectivity index is 2.96. The van der Waals surface area contributed by atoms with Crippen LogP contribution in [0.15, 0.2) is 17.5 Å². The quantitative estimate of drug-likeness (QED) is 0.459. The van der Waals surface area contributed by atoms with Gasteiger partial charge in [0.1, 0.15) is 0 Å². The van der Waals surface area contributed by atoms with Crippen LogP contribution in [0, 0.1) is 10.1 Å². The smallest absolute Gasteiger partial charge is 0.301 e. The van der Waals surface area contributed by atoms with E-state index in [2.05, 4.69) is 0 Å². The summed E-state index contributed by atoms with van der Waals surface area (Å²) in [7, 11) is 0. The van der Waals surface area contributed by atoms with Crippen molar-refractivity contribution in [3.8, 4) is 0 Å². The van der Waals surface area contributed by atoms with Crippen molar-refractivity contribution in [2.24, 2.45) is 0 Å². The van der Waals surface area contributed by atoms with E-state index in [1.807, 2.05) is 0 Å². The molecule has 7 heteroatoms. The van der Waals surface area contributed by atoms with Gasteiger partial charge >= 0.3 is 5.37 Å². The molecule has 0 aromatic carbocycles. The molecule has 0 aliphatic carbocycles. The molecule has 1 aromatic rings. The molecule has 0 saturated heterocycles. The summed E-state index contributed by atoms with van der Waals surface area (Å²) in [4.78, 5) is 9.83. The number of hydrogen-bond acceptors (Lipinski definition) is 4. The third-order valence-corrected chi connectivity index (χ3v) is 3.05. The van der Waals surface area contributed by atoms with E-state index in [1.165, 1.54) is 6.07 Å². The van der Waals surface area contributed by atoms with Crippen LogP contribution in [0.4, 0.5) is 0 Å². The van der Waals surface area contributed by atoms with Crippen LogP contribution in [0.25, 0.3) is 0 Å². The molecule has 0 spiro atoms. The van der Waals surface area contributed by atoms with Crippen molar-refractivity contribution >= 4 is 22.4 Å². The molecule has 2 atom stereocenters. The SMILES string of the molecule is O=[N+]([O-])C(c1cccs1)S(=O)O. The van der Waals surface area contributed by atoms with Gasteiger partial charge in [-0.25, -0.2) is 4.21 Å². The third-order valence-electron chi connectivity index (χ3n) is 1.17. The first kappa shape index (κ1) is 9.30. The Labute approximate surface area is 74.5 Å². The van der Waals surface area contributed by atoms with E-state index >= 15 is 0 Å². The maximum Gasteiger partial charge on any atom is 0.343 e. The van der Waals surface area contributed by atoms with Crippen molar-refractivity contribution in [2.45, 2.75) is 5.37 Å². The maximum absolute atomic E-state index is 10.5. The zero-order valence-electron chi connectivity index (χ0n) is 5.75. The zero-order valence-corrected chi connectivity index (χ0v) is 7.38. The Morgan fingerprint density at radius 3 is 2.75 bits per heavy atom. The van der Waals surface area contributed by atoms with Gasteiger partial charge in [0, 0.05) is 4.92 Å². The van der Waals surface area contributed by atoms with Gasteiger partial charge in [0.2, 0.25) is 11.1 Å². The van der Waals surface area contributed by atoms with Gasteiger partial charge < -0.3 is 4.55 Å². The lowest BCUT2D eigenvalue weighted by molar-refractivity contribution is -0.502. The molecule has 0 radical (unpaired) electrons. The lowest BCUT2D eigenvalue weighted by atomic mass is 10.5. The summed E-state index contributed by atoms with van der Waals surface area (Å²) in [5.74, 6) is 0. The molecular formula is C5H5NO4S2. The van der Waals surface area contributed by atoms with Gasteiger partial charge in [-0.3, -0.25) is 10.1 Å². The number of thiophene rings is 1. The zero-order chi connectivity index (χ0) is 9.14. The van der Waals surface area contributed by atoms with Crippen molar-refractivity contribution in [1.29, 1.82) is 0 Å². The van der Waals surface area contributed by atoms with Gasteiger partial charge in [-0.1, -0.05) is 6.07 Å². The Bertz CT molecular complexity index is 282. The minimum atomic E-state index is -2.45. The average molecular weight is 207 g/mol. The van der Waals surface area contributed by atoms with Crippen LogP contribution in [0.5, 0.6) is 0 Å². The van der Waals surface area contributed by atoms with Crippen LogP contribution in [-0.4, -0.2) is 13.7 Å². The van der Waals surface area contributed by atoms with E-state index in [-0.39, 0.29) is 0 Å². The van der Waals surface area contributed by atoms with Gasteiger partial charge in [-0.05, 0) is 11.4 Å². The van der Waals surface area contributed by atoms with E-state index in [4.69, 9.17) is 4.55 Å². The minimum Gasteiger partial charge on any atom is -0.301 e. The minimum absolute atomic E-state index is 0.292. The Hall–Kier alpha value is -0.790. The van der Waals surface area contributed by atoms with Crippen molar-refractivity contribution in [2.75, 3.05) is 0 Å². The largest absolute Gasteiger partial charge is 0.343 e. The molecule has 0 bridgehead atoms. The van der Waals surface area contributed by atoms with E-state index in [0.29, 0.717) is 4.88 Å². The van der Waals surface area contributed by atoms with Crippen LogP contribution >= 0.6 is 11.3 Å². The topological polar surface area (TPSA) is 80.4 Å². The summed E-state index contributed by atoms with van der Waals surface area (Å²) in [6.45, 7) is 0. The number of nitrogens with zero attached hydrogens (tertiary/aromatic N) is 1. The molecule has 0 amide bonds. The summed E-state index contributed by atoms with van der Waals surface area (Å²) in [5, 5.41) is 10.4. The van der Waals surface area contributed by atoms with Crippen LogP contribution in [0.3, 0.4) is 0 Å². The lowest BCUT2D eigenvalue weighted by Gasteiger charge is -2.00. The van der Waals surface area contributed by atoms with E-state index in [0.717, 1.165) is 11.3 Å². The lowest BCUT2D eigenvalue weighted by Crippen LogP contribution is -2.14. The van der Waals surface area contributed by atoms with Crippen LogP contribution in [-0.2, 0) is 11.1 Å². The fourth-order valence-electron chi connectivity index (χ4n) is 0.709. The predicted molar refractivity (Wildman–Crippen MR) is 44.8 cm³/mol. The van der Waals surface area contributed by atoms with Gasteiger partial charge in [0.15, 0.2) is 0 Å². The first-order valence-corrected chi connectivity index (χ1v) is 4.94. The third kappa shape index (κ3) is 1.87. The van der Waals surface area contributed by atoms with Crippen molar-refractivity contribution in [1.82, 2.24) is 0 Å². The molecule has 2 unspecified atom stereocenters. The highest BCUT2D eigenvalue weighted by atomic mass is 32.2. The summed E-state index contributed by atoms with van der Waals surface area (Å²) in [6.07, 6.45) is 0. The molecule has 0 aliphatic heterocycles. The highest BCUT2D eigenvalue weighted by Gasteiger charge is 2.30. The van der Waals surface area contributed by atoms with Gasteiger partial charge in [0.05, 0.1) is 4.88 Å². The predicted octanol–water partition coefficient (Wildman–Crippen LogP) is 1.25. The summed E-state index contributed by atoms with van der Waals surface area (Å²) < 4.78 is 19.1. The van der Waals surface area contributed by atoms with Crippen LogP contribution in [0.1, 0.15) is 10.3 Å². The Morgan fingerprint density at radius 2 is 2.42 bits per heavy atom. The molecule has 0 saturated carbocycles.